The number of nitrogens with one attached hydrogen (secondary N) is 2. The SMILES string of the molecule is C[C@@H](ONC(=O)C1=CCN(c2ncc(C3CC3)cn2)CC1)c1c[nH]c(=O)c(C(F)(F)F)c1. The van der Waals surface area contributed by atoms with E-state index in [1.165, 1.54) is 19.8 Å². The molecule has 2 aromatic rings. The molecule has 0 aromatic carbocycles. The molecule has 2 N–H and O–H groups in total. The molecule has 1 atom stereocenters. The van der Waals surface area contributed by atoms with Crippen molar-refractivity contribution in [1.82, 2.24) is 20.4 Å². The minimum absolute atomic E-state index is 0.0767. The number of nitrogens with zero attached hydrogens (tertiary/aromatic N) is 3. The first kappa shape index (κ1) is 22.0. The fourth-order valence-corrected chi connectivity index (χ4v) is 3.40. The molecule has 170 valence electrons. The van der Waals surface area contributed by atoms with E-state index in [-0.39, 0.29) is 5.56 Å². The molecule has 3 heterocycles. The highest BCUT2D eigenvalue weighted by atomic mass is 19.4. The van der Waals surface area contributed by atoms with Crippen molar-refractivity contribution in [2.24, 2.45) is 0 Å². The lowest BCUT2D eigenvalue weighted by atomic mass is 10.1. The van der Waals surface area contributed by atoms with Crippen LogP contribution in [0.3, 0.4) is 0 Å². The van der Waals surface area contributed by atoms with E-state index >= 15 is 0 Å². The number of carbonyl (C=O) groups excluding carboxylic acids is 1. The standard InChI is InChI=1S/C21H22F3N5O3/c1-12(15-8-17(21(22,23)24)19(31)25-9-15)32-28-18(30)14-4-6-29(7-5-14)20-26-10-16(11-27-20)13-2-3-13/h4,8-13H,2-3,5-7H2,1H3,(H,25,31)(H,28,30)/t12-/m1/s1. The van der Waals surface area contributed by atoms with Gasteiger partial charge >= 0.3 is 6.18 Å². The van der Waals surface area contributed by atoms with Gasteiger partial charge in [-0.1, -0.05) is 6.08 Å². The van der Waals surface area contributed by atoms with E-state index in [0.717, 1.165) is 11.8 Å². The van der Waals surface area contributed by atoms with Crippen LogP contribution in [-0.2, 0) is 15.8 Å². The molecule has 1 aliphatic carbocycles. The molecule has 8 nitrogen and oxygen atoms in total. The van der Waals surface area contributed by atoms with Crippen molar-refractivity contribution in [3.05, 3.63) is 63.4 Å². The van der Waals surface area contributed by atoms with E-state index < -0.39 is 29.3 Å². The number of H-pyrrole nitrogens is 1. The number of halogens is 3. The van der Waals surface area contributed by atoms with Crippen molar-refractivity contribution < 1.29 is 22.8 Å². The van der Waals surface area contributed by atoms with E-state index in [9.17, 15) is 22.8 Å². The summed E-state index contributed by atoms with van der Waals surface area (Å²) in [5.74, 6) is 0.717. The van der Waals surface area contributed by atoms with Gasteiger partial charge in [0.25, 0.3) is 11.5 Å². The maximum atomic E-state index is 12.9. The number of amides is 1. The molecular weight excluding hydrogens is 427 g/mol. The highest BCUT2D eigenvalue weighted by molar-refractivity contribution is 5.93. The Bertz CT molecular complexity index is 1080. The predicted molar refractivity (Wildman–Crippen MR) is 109 cm³/mol. The Morgan fingerprint density at radius 2 is 2.03 bits per heavy atom. The van der Waals surface area contributed by atoms with Gasteiger partial charge in [0.1, 0.15) is 11.7 Å². The van der Waals surface area contributed by atoms with E-state index in [0.29, 0.717) is 43.0 Å². The third-order valence-electron chi connectivity index (χ3n) is 5.52. The summed E-state index contributed by atoms with van der Waals surface area (Å²) in [4.78, 5) is 41.8. The van der Waals surface area contributed by atoms with E-state index in [4.69, 9.17) is 4.84 Å². The zero-order chi connectivity index (χ0) is 22.9. The molecule has 0 radical (unpaired) electrons. The van der Waals surface area contributed by atoms with Gasteiger partial charge in [-0.25, -0.2) is 15.4 Å². The average molecular weight is 449 g/mol. The van der Waals surface area contributed by atoms with Gasteiger partial charge in [-0.15, -0.1) is 0 Å². The van der Waals surface area contributed by atoms with Crippen LogP contribution in [0.15, 0.2) is 41.1 Å². The van der Waals surface area contributed by atoms with Crippen molar-refractivity contribution in [1.29, 1.82) is 0 Å². The van der Waals surface area contributed by atoms with Gasteiger partial charge in [0.2, 0.25) is 5.95 Å². The summed E-state index contributed by atoms with van der Waals surface area (Å²) in [7, 11) is 0. The van der Waals surface area contributed by atoms with Crippen LogP contribution in [0.4, 0.5) is 19.1 Å². The smallest absolute Gasteiger partial charge is 0.337 e. The monoisotopic (exact) mass is 449 g/mol. The van der Waals surface area contributed by atoms with Crippen molar-refractivity contribution in [2.75, 3.05) is 18.0 Å². The van der Waals surface area contributed by atoms with Crippen LogP contribution in [0.1, 0.15) is 54.9 Å². The normalized spacial score (nSPS) is 17.6. The summed E-state index contributed by atoms with van der Waals surface area (Å²) in [5.41, 5.74) is 1.45. The Kier molecular flexibility index (Phi) is 6.00. The molecule has 32 heavy (non-hydrogen) atoms. The maximum Gasteiger partial charge on any atom is 0.421 e. The van der Waals surface area contributed by atoms with Crippen molar-refractivity contribution in [3.8, 4) is 0 Å². The van der Waals surface area contributed by atoms with E-state index in [1.54, 1.807) is 6.08 Å². The molecule has 2 aromatic heterocycles. The Balaban J connectivity index is 1.32. The fraction of sp³-hybridized carbons (Fsp3) is 0.429. The number of rotatable bonds is 6. The lowest BCUT2D eigenvalue weighted by Gasteiger charge is -2.26. The summed E-state index contributed by atoms with van der Waals surface area (Å²) < 4.78 is 38.7. The van der Waals surface area contributed by atoms with Crippen LogP contribution in [0.2, 0.25) is 0 Å². The lowest BCUT2D eigenvalue weighted by molar-refractivity contribution is -0.139. The number of pyridine rings is 1. The van der Waals surface area contributed by atoms with Crippen molar-refractivity contribution in [2.45, 2.75) is 44.4 Å². The van der Waals surface area contributed by atoms with Crippen LogP contribution < -0.4 is 15.9 Å². The highest BCUT2D eigenvalue weighted by Gasteiger charge is 2.34. The highest BCUT2D eigenvalue weighted by Crippen LogP contribution is 2.39. The first-order valence-corrected chi connectivity index (χ1v) is 10.2. The predicted octanol–water partition coefficient (Wildman–Crippen LogP) is 3.01. The molecule has 11 heteroatoms. The van der Waals surface area contributed by atoms with E-state index in [2.05, 4.69) is 15.4 Å². The third-order valence-corrected chi connectivity index (χ3v) is 5.52. The molecule has 0 bridgehead atoms. The van der Waals surface area contributed by atoms with E-state index in [1.807, 2.05) is 22.3 Å². The molecule has 1 aliphatic heterocycles. The van der Waals surface area contributed by atoms with Gasteiger partial charge in [-0.3, -0.25) is 14.4 Å². The Hall–Kier alpha value is -3.21. The second-order valence-electron chi connectivity index (χ2n) is 7.88. The molecule has 1 saturated carbocycles. The second kappa shape index (κ2) is 8.73. The number of aromatic amines is 1. The Morgan fingerprint density at radius 1 is 1.31 bits per heavy atom. The van der Waals surface area contributed by atoms with Gasteiger partial charge in [0, 0.05) is 42.8 Å². The molecule has 4 rings (SSSR count). The van der Waals surface area contributed by atoms with Crippen LogP contribution >= 0.6 is 0 Å². The van der Waals surface area contributed by atoms with Crippen molar-refractivity contribution in [3.63, 3.8) is 0 Å². The van der Waals surface area contributed by atoms with Crippen LogP contribution in [-0.4, -0.2) is 33.9 Å². The van der Waals surface area contributed by atoms with Crippen LogP contribution in [0.25, 0.3) is 0 Å². The zero-order valence-corrected chi connectivity index (χ0v) is 17.3. The lowest BCUT2D eigenvalue weighted by Crippen LogP contribution is -2.35. The van der Waals surface area contributed by atoms with Crippen LogP contribution in [0, 0.1) is 0 Å². The zero-order valence-electron chi connectivity index (χ0n) is 17.3. The Morgan fingerprint density at radius 3 is 2.62 bits per heavy atom. The maximum absolute atomic E-state index is 12.9. The summed E-state index contributed by atoms with van der Waals surface area (Å²) >= 11 is 0. The minimum Gasteiger partial charge on any atom is -0.337 e. The number of aromatic nitrogens is 3. The average Bonchev–Trinajstić information content (AvgIpc) is 3.62. The molecule has 0 spiro atoms. The summed E-state index contributed by atoms with van der Waals surface area (Å²) in [6.07, 6.45) is 3.68. The van der Waals surface area contributed by atoms with Gasteiger partial charge in [-0.05, 0) is 43.7 Å². The molecule has 1 amide bonds. The van der Waals surface area contributed by atoms with Crippen molar-refractivity contribution >= 4 is 11.9 Å². The number of hydrogen-bond acceptors (Lipinski definition) is 6. The van der Waals surface area contributed by atoms with Gasteiger partial charge in [0.05, 0.1) is 0 Å². The first-order chi connectivity index (χ1) is 15.2. The molecular formula is C21H22F3N5O3. The number of alkyl halides is 3. The molecule has 2 aliphatic rings. The third kappa shape index (κ3) is 4.98. The topological polar surface area (TPSA) is 100 Å². The van der Waals surface area contributed by atoms with Crippen LogP contribution in [0.5, 0.6) is 0 Å². The Labute approximate surface area is 181 Å². The quantitative estimate of drug-likeness (QED) is 0.658. The summed E-state index contributed by atoms with van der Waals surface area (Å²) in [5, 5.41) is 0. The fourth-order valence-electron chi connectivity index (χ4n) is 3.40. The number of hydroxylamine groups is 1. The van der Waals surface area contributed by atoms with Gasteiger partial charge in [0.15, 0.2) is 0 Å². The minimum atomic E-state index is -4.78. The number of anilines is 1. The largest absolute Gasteiger partial charge is 0.421 e. The summed E-state index contributed by atoms with van der Waals surface area (Å²) in [6.45, 7) is 2.47. The second-order valence-corrected chi connectivity index (χ2v) is 7.88. The molecule has 1 fully saturated rings. The first-order valence-electron chi connectivity index (χ1n) is 10.2. The van der Waals surface area contributed by atoms with Gasteiger partial charge in [-0.2, -0.15) is 13.2 Å². The number of carbonyl (C=O) groups is 1. The summed E-state index contributed by atoms with van der Waals surface area (Å²) in [6, 6.07) is 0.710. The number of hydrogen-bond donors (Lipinski definition) is 2. The van der Waals surface area contributed by atoms with Gasteiger partial charge < -0.3 is 9.88 Å². The molecule has 0 saturated heterocycles. The molecule has 0 unspecified atom stereocenters.